The van der Waals surface area contributed by atoms with Crippen molar-refractivity contribution in [3.63, 3.8) is 0 Å². The van der Waals surface area contributed by atoms with Gasteiger partial charge in [0.05, 0.1) is 41.0 Å². The summed E-state index contributed by atoms with van der Waals surface area (Å²) >= 11 is 0. The number of hydrogen-bond acceptors (Lipinski definition) is 11. The molecule has 2 fully saturated rings. The van der Waals surface area contributed by atoms with Crippen molar-refractivity contribution in [2.24, 2.45) is 28.1 Å². The summed E-state index contributed by atoms with van der Waals surface area (Å²) in [6.07, 6.45) is 1.65. The van der Waals surface area contributed by atoms with Gasteiger partial charge < -0.3 is 33.6 Å². The Labute approximate surface area is 431 Å². The van der Waals surface area contributed by atoms with Gasteiger partial charge in [0.15, 0.2) is 11.2 Å². The van der Waals surface area contributed by atoms with E-state index in [0.717, 1.165) is 51.5 Å². The van der Waals surface area contributed by atoms with Crippen molar-refractivity contribution in [3.8, 4) is 22.3 Å². The molecule has 4 aromatic carbocycles. The molecular formula is C59H66F2N6O7. The minimum Gasteiger partial charge on any atom is -0.391 e. The van der Waals surface area contributed by atoms with Crippen molar-refractivity contribution in [1.29, 1.82) is 0 Å². The second kappa shape index (κ2) is 21.1. The van der Waals surface area contributed by atoms with E-state index in [1.165, 1.54) is 12.1 Å². The van der Waals surface area contributed by atoms with E-state index in [2.05, 4.69) is 27.5 Å². The Bertz CT molecular complexity index is 2840. The number of oxime groups is 2. The highest BCUT2D eigenvalue weighted by Gasteiger charge is 2.48. The lowest BCUT2D eigenvalue weighted by atomic mass is 9.86. The highest BCUT2D eigenvalue weighted by Crippen LogP contribution is 2.42. The van der Waals surface area contributed by atoms with Crippen LogP contribution in [0.25, 0.3) is 22.3 Å². The first-order valence-electron chi connectivity index (χ1n) is 25.7. The zero-order valence-corrected chi connectivity index (χ0v) is 43.6. The number of aryl methyl sites for hydroxylation is 2. The summed E-state index contributed by atoms with van der Waals surface area (Å²) in [5.74, 6) is 0.0656. The number of aliphatic hydroxyl groups is 1. The molecule has 2 saturated heterocycles. The van der Waals surface area contributed by atoms with Crippen LogP contribution >= 0.6 is 0 Å². The van der Waals surface area contributed by atoms with Gasteiger partial charge in [0.1, 0.15) is 35.0 Å². The molecule has 0 radical (unpaired) electrons. The molecule has 13 nitrogen and oxygen atoms in total. The van der Waals surface area contributed by atoms with Crippen LogP contribution in [0.3, 0.4) is 0 Å². The molecule has 3 unspecified atom stereocenters. The molecule has 2 amide bonds. The van der Waals surface area contributed by atoms with Gasteiger partial charge in [-0.25, -0.2) is 8.78 Å². The van der Waals surface area contributed by atoms with Gasteiger partial charge >= 0.3 is 0 Å². The molecule has 10 rings (SSSR count). The molecule has 74 heavy (non-hydrogen) atoms. The highest BCUT2D eigenvalue weighted by molar-refractivity contribution is 5.97. The van der Waals surface area contributed by atoms with Crippen molar-refractivity contribution >= 4 is 23.2 Å². The van der Waals surface area contributed by atoms with Crippen LogP contribution in [0.5, 0.6) is 0 Å². The smallest absolute Gasteiger partial charge is 0.234 e. The number of aliphatic hydroxyl groups excluding tert-OH is 1. The highest BCUT2D eigenvalue weighted by atomic mass is 19.1. The molecular weight excluding hydrogens is 943 g/mol. The zero-order valence-electron chi connectivity index (χ0n) is 43.6. The summed E-state index contributed by atoms with van der Waals surface area (Å²) in [7, 11) is 0. The Balaban J connectivity index is 0.000000182. The van der Waals surface area contributed by atoms with Crippen molar-refractivity contribution in [2.45, 2.75) is 129 Å². The first kappa shape index (κ1) is 51.9. The SMILES string of the molecule is Cc1cc(C(C(=O)N2C[C@H](C)C[C@H]2C2=NOC(C)(c3ccc(-c4ccccc4F)cc3)C2)C(C)C)on1.Cc1cc(C(C(=O)N2C[C@H](O)C[C@H]2C2=NO[C@](C)(c3ccc(-c4ccccc4F)cc3)C2)C(C)C)on1. The van der Waals surface area contributed by atoms with E-state index in [1.807, 2.05) is 127 Å². The van der Waals surface area contributed by atoms with Crippen LogP contribution in [0.1, 0.15) is 120 Å². The van der Waals surface area contributed by atoms with E-state index >= 15 is 0 Å². The minimum atomic E-state index is -0.731. The summed E-state index contributed by atoms with van der Waals surface area (Å²) < 4.78 is 39.4. The summed E-state index contributed by atoms with van der Waals surface area (Å²) in [4.78, 5) is 43.2. The second-order valence-corrected chi connectivity index (χ2v) is 21.7. The molecule has 0 bridgehead atoms. The number of amides is 2. The lowest BCUT2D eigenvalue weighted by molar-refractivity contribution is -0.135. The average molecular weight is 1010 g/mol. The lowest BCUT2D eigenvalue weighted by Crippen LogP contribution is -2.44. The Kier molecular flexibility index (Phi) is 14.8. The number of rotatable bonds is 12. The van der Waals surface area contributed by atoms with Crippen LogP contribution < -0.4 is 0 Å². The molecule has 2 aromatic heterocycles. The molecule has 6 heterocycles. The molecule has 4 aliphatic rings. The van der Waals surface area contributed by atoms with E-state index in [0.29, 0.717) is 54.4 Å². The predicted octanol–water partition coefficient (Wildman–Crippen LogP) is 11.6. The molecule has 0 aliphatic carbocycles. The van der Waals surface area contributed by atoms with Crippen molar-refractivity contribution in [1.82, 2.24) is 20.1 Å². The third-order valence-corrected chi connectivity index (χ3v) is 15.0. The molecule has 4 aliphatic heterocycles. The normalized spacial score (nSPS) is 24.3. The number of likely N-dealkylation sites (tertiary alicyclic amines) is 2. The molecule has 8 atom stereocenters. The average Bonchev–Trinajstić information content (AvgIpc) is 4.26. The lowest BCUT2D eigenvalue weighted by Gasteiger charge is -2.30. The maximum absolute atomic E-state index is 14.2. The van der Waals surface area contributed by atoms with Gasteiger partial charge in [0.2, 0.25) is 11.8 Å². The largest absolute Gasteiger partial charge is 0.391 e. The second-order valence-electron chi connectivity index (χ2n) is 21.7. The van der Waals surface area contributed by atoms with Gasteiger partial charge in [-0.2, -0.15) is 0 Å². The number of carbonyl (C=O) groups is 2. The molecule has 6 aromatic rings. The topological polar surface area (TPSA) is 156 Å². The van der Waals surface area contributed by atoms with E-state index in [-0.39, 0.29) is 53.9 Å². The van der Waals surface area contributed by atoms with Crippen LogP contribution in [0.15, 0.2) is 129 Å². The Morgan fingerprint density at radius 3 is 1.42 bits per heavy atom. The number of halogens is 2. The van der Waals surface area contributed by atoms with Gasteiger partial charge in [-0.1, -0.05) is 140 Å². The molecule has 388 valence electrons. The van der Waals surface area contributed by atoms with Crippen LogP contribution in [0.2, 0.25) is 0 Å². The van der Waals surface area contributed by atoms with E-state index in [4.69, 9.17) is 18.7 Å². The fourth-order valence-electron chi connectivity index (χ4n) is 11.1. The van der Waals surface area contributed by atoms with E-state index in [1.54, 1.807) is 35.2 Å². The minimum absolute atomic E-state index is 0.0155. The molecule has 0 saturated carbocycles. The zero-order chi connectivity index (χ0) is 52.6. The fourth-order valence-corrected chi connectivity index (χ4v) is 11.1. The number of aromatic nitrogens is 2. The van der Waals surface area contributed by atoms with Gasteiger partial charge in [0.25, 0.3) is 0 Å². The van der Waals surface area contributed by atoms with E-state index < -0.39 is 29.1 Å². The molecule has 15 heteroatoms. The molecule has 1 N–H and O–H groups in total. The van der Waals surface area contributed by atoms with Crippen LogP contribution in [-0.4, -0.2) is 79.7 Å². The van der Waals surface area contributed by atoms with Gasteiger partial charge in [-0.15, -0.1) is 0 Å². The summed E-state index contributed by atoms with van der Waals surface area (Å²) in [5.41, 5.74) is 6.29. The van der Waals surface area contributed by atoms with Gasteiger partial charge in [-0.3, -0.25) is 9.59 Å². The van der Waals surface area contributed by atoms with Crippen molar-refractivity contribution in [3.05, 3.63) is 155 Å². The number of benzene rings is 4. The van der Waals surface area contributed by atoms with Crippen molar-refractivity contribution < 1.29 is 42.2 Å². The number of hydrogen-bond donors (Lipinski definition) is 1. The molecule has 0 spiro atoms. The van der Waals surface area contributed by atoms with Crippen LogP contribution in [0.4, 0.5) is 8.78 Å². The Morgan fingerprint density at radius 2 is 1.03 bits per heavy atom. The maximum Gasteiger partial charge on any atom is 0.234 e. The fraction of sp³-hybridized carbons (Fsp3) is 0.424. The number of nitrogens with zero attached hydrogens (tertiary/aromatic N) is 6. The Morgan fingerprint density at radius 1 is 0.622 bits per heavy atom. The van der Waals surface area contributed by atoms with Crippen LogP contribution in [-0.2, 0) is 30.5 Å². The third-order valence-electron chi connectivity index (χ3n) is 15.0. The monoisotopic (exact) mass is 1010 g/mol. The quantitative estimate of drug-likeness (QED) is 0.126. The maximum atomic E-state index is 14.2. The van der Waals surface area contributed by atoms with E-state index in [9.17, 15) is 23.5 Å². The van der Waals surface area contributed by atoms with Gasteiger partial charge in [-0.05, 0) is 86.3 Å². The first-order chi connectivity index (χ1) is 35.3. The summed E-state index contributed by atoms with van der Waals surface area (Å²) in [5, 5.41) is 27.4. The standard InChI is InChI=1S/C30H34FN3O3.C29H32FN3O4/c1-18(2)28(27-15-20(4)32-36-27)29(35)34-17-19(3)14-26(34)25-16-30(5,37-33-25)22-12-10-21(11-13-22)23-8-6-7-9-24(23)31;1-17(2)27(26-13-18(3)31-36-26)28(35)33-16-21(34)14-25(33)24-15-29(4,37-32-24)20-11-9-19(10-12-20)22-7-5-6-8-23(22)30/h6-13,15,18-19,26,28H,14,16-17H2,1-5H3;5-13,17,21,25,27,34H,14-16H2,1-4H3/t19-,26+,28?,30?;21-,25+,27?,29+/m11/s1. The summed E-state index contributed by atoms with van der Waals surface area (Å²) in [6.45, 7) is 18.7. The van der Waals surface area contributed by atoms with Crippen molar-refractivity contribution in [2.75, 3.05) is 13.1 Å². The third kappa shape index (κ3) is 10.5. The van der Waals surface area contributed by atoms with Gasteiger partial charge in [0, 0.05) is 55.6 Å². The Hall–Kier alpha value is -7.00. The summed E-state index contributed by atoms with van der Waals surface area (Å²) in [6, 6.07) is 32.0. The number of β-amino-alcohol motifs (C(OH)–C–C–N with tert-alkyl or cyclic N) is 1. The first-order valence-corrected chi connectivity index (χ1v) is 25.7. The predicted molar refractivity (Wildman–Crippen MR) is 278 cm³/mol. The van der Waals surface area contributed by atoms with Crippen LogP contribution in [0, 0.1) is 43.2 Å². The number of carbonyl (C=O) groups excluding carboxylic acids is 2.